The molecule has 0 bridgehead atoms. The molecule has 6 heteroatoms. The second kappa shape index (κ2) is 5.86. The summed E-state index contributed by atoms with van der Waals surface area (Å²) < 4.78 is 0. The van der Waals surface area contributed by atoms with Crippen LogP contribution in [0.5, 0.6) is 0 Å². The molecular formula is C13H20N4O2. The summed E-state index contributed by atoms with van der Waals surface area (Å²) in [5.41, 5.74) is 5.60. The summed E-state index contributed by atoms with van der Waals surface area (Å²) in [5, 5.41) is 14.1. The first-order valence-corrected chi connectivity index (χ1v) is 6.78. The topological polar surface area (TPSA) is 94.1 Å². The van der Waals surface area contributed by atoms with E-state index in [-0.39, 0.29) is 11.5 Å². The highest BCUT2D eigenvalue weighted by Crippen LogP contribution is 2.30. The predicted octanol–water partition coefficient (Wildman–Crippen LogP) is 2.95. The number of anilines is 2. The van der Waals surface area contributed by atoms with Crippen LogP contribution >= 0.6 is 0 Å². The van der Waals surface area contributed by atoms with Gasteiger partial charge in [-0.3, -0.25) is 10.1 Å². The summed E-state index contributed by atoms with van der Waals surface area (Å²) in [4.78, 5) is 14.5. The Morgan fingerprint density at radius 1 is 1.47 bits per heavy atom. The number of nitrogens with two attached hydrogens (primary N) is 1. The largest absolute Gasteiger partial charge is 0.383 e. The molecule has 0 spiro atoms. The Bertz CT molecular complexity index is 464. The van der Waals surface area contributed by atoms with E-state index in [4.69, 9.17) is 5.73 Å². The van der Waals surface area contributed by atoms with Gasteiger partial charge in [-0.25, -0.2) is 4.98 Å². The predicted molar refractivity (Wildman–Crippen MR) is 75.0 cm³/mol. The minimum atomic E-state index is -0.443. The third-order valence-electron chi connectivity index (χ3n) is 3.81. The number of rotatable bonds is 4. The van der Waals surface area contributed by atoms with E-state index in [1.807, 2.05) is 0 Å². The van der Waals surface area contributed by atoms with Crippen LogP contribution in [-0.4, -0.2) is 15.9 Å². The van der Waals surface area contributed by atoms with E-state index in [2.05, 4.69) is 17.2 Å². The maximum absolute atomic E-state index is 10.8. The Balaban J connectivity index is 2.15. The van der Waals surface area contributed by atoms with Crippen molar-refractivity contribution in [3.8, 4) is 0 Å². The second-order valence-electron chi connectivity index (χ2n) is 5.10. The minimum absolute atomic E-state index is 0.0149. The lowest BCUT2D eigenvalue weighted by Crippen LogP contribution is -2.32. The number of hydrogen-bond donors (Lipinski definition) is 2. The van der Waals surface area contributed by atoms with Crippen LogP contribution in [0.2, 0.25) is 0 Å². The second-order valence-corrected chi connectivity index (χ2v) is 5.10. The van der Waals surface area contributed by atoms with Gasteiger partial charge in [-0.2, -0.15) is 0 Å². The van der Waals surface area contributed by atoms with E-state index >= 15 is 0 Å². The van der Waals surface area contributed by atoms with Gasteiger partial charge in [0.1, 0.15) is 11.6 Å². The fourth-order valence-electron chi connectivity index (χ4n) is 2.79. The molecule has 104 valence electrons. The van der Waals surface area contributed by atoms with Crippen LogP contribution in [0.1, 0.15) is 39.0 Å². The number of aromatic nitrogens is 1. The summed E-state index contributed by atoms with van der Waals surface area (Å²) in [6, 6.07) is 3.08. The highest BCUT2D eigenvalue weighted by Gasteiger charge is 2.24. The highest BCUT2D eigenvalue weighted by atomic mass is 16.6. The first-order valence-electron chi connectivity index (χ1n) is 6.78. The zero-order valence-electron chi connectivity index (χ0n) is 11.1. The molecule has 1 fully saturated rings. The molecule has 2 rings (SSSR count). The monoisotopic (exact) mass is 264 g/mol. The molecule has 2 atom stereocenters. The van der Waals surface area contributed by atoms with Gasteiger partial charge in [0.2, 0.25) is 0 Å². The van der Waals surface area contributed by atoms with Gasteiger partial charge in [-0.15, -0.1) is 0 Å². The lowest BCUT2D eigenvalue weighted by Gasteiger charge is -2.31. The van der Waals surface area contributed by atoms with Gasteiger partial charge in [0, 0.05) is 6.04 Å². The van der Waals surface area contributed by atoms with E-state index in [9.17, 15) is 10.1 Å². The van der Waals surface area contributed by atoms with Crippen LogP contribution in [0.4, 0.5) is 17.3 Å². The average Bonchev–Trinajstić information content (AvgIpc) is 2.38. The van der Waals surface area contributed by atoms with Crippen molar-refractivity contribution >= 4 is 17.3 Å². The molecule has 0 aromatic carbocycles. The van der Waals surface area contributed by atoms with Gasteiger partial charge >= 0.3 is 0 Å². The van der Waals surface area contributed by atoms with Crippen LogP contribution in [0.3, 0.4) is 0 Å². The third kappa shape index (κ3) is 3.33. The SMILES string of the molecule is CCC1CCCCC1Nc1cc([N+](=O)[O-])cc(N)n1. The molecule has 1 aromatic rings. The van der Waals surface area contributed by atoms with E-state index < -0.39 is 4.92 Å². The maximum Gasteiger partial charge on any atom is 0.276 e. The molecule has 6 nitrogen and oxygen atoms in total. The molecule has 0 aliphatic heterocycles. The fraction of sp³-hybridized carbons (Fsp3) is 0.615. The molecule has 2 unspecified atom stereocenters. The zero-order chi connectivity index (χ0) is 13.8. The summed E-state index contributed by atoms with van der Waals surface area (Å²) in [6.07, 6.45) is 5.86. The molecular weight excluding hydrogens is 244 g/mol. The molecule has 0 saturated heterocycles. The van der Waals surface area contributed by atoms with Crippen molar-refractivity contribution in [1.29, 1.82) is 0 Å². The molecule has 0 radical (unpaired) electrons. The molecule has 1 heterocycles. The quantitative estimate of drug-likeness (QED) is 0.644. The lowest BCUT2D eigenvalue weighted by atomic mass is 9.83. The third-order valence-corrected chi connectivity index (χ3v) is 3.81. The van der Waals surface area contributed by atoms with Crippen LogP contribution in [-0.2, 0) is 0 Å². The summed E-state index contributed by atoms with van der Waals surface area (Å²) >= 11 is 0. The molecule has 1 saturated carbocycles. The van der Waals surface area contributed by atoms with Crippen molar-refractivity contribution in [2.24, 2.45) is 5.92 Å². The van der Waals surface area contributed by atoms with Crippen LogP contribution < -0.4 is 11.1 Å². The Morgan fingerprint density at radius 3 is 2.89 bits per heavy atom. The highest BCUT2D eigenvalue weighted by molar-refractivity contribution is 5.53. The van der Waals surface area contributed by atoms with E-state index in [0.717, 1.165) is 12.8 Å². The Labute approximate surface area is 112 Å². The summed E-state index contributed by atoms with van der Waals surface area (Å²) in [7, 11) is 0. The first kappa shape index (κ1) is 13.6. The minimum Gasteiger partial charge on any atom is -0.383 e. The van der Waals surface area contributed by atoms with E-state index in [0.29, 0.717) is 17.8 Å². The first-order chi connectivity index (χ1) is 9.10. The van der Waals surface area contributed by atoms with E-state index in [1.54, 1.807) is 0 Å². The van der Waals surface area contributed by atoms with Gasteiger partial charge in [0.25, 0.3) is 5.69 Å². The number of nitro groups is 1. The van der Waals surface area contributed by atoms with Gasteiger partial charge in [-0.05, 0) is 18.8 Å². The lowest BCUT2D eigenvalue weighted by molar-refractivity contribution is -0.384. The smallest absolute Gasteiger partial charge is 0.276 e. The van der Waals surface area contributed by atoms with Crippen LogP contribution in [0.25, 0.3) is 0 Å². The van der Waals surface area contributed by atoms with Crippen molar-refractivity contribution in [3.63, 3.8) is 0 Å². The van der Waals surface area contributed by atoms with E-state index in [1.165, 1.54) is 31.4 Å². The van der Waals surface area contributed by atoms with Gasteiger partial charge in [0.15, 0.2) is 0 Å². The maximum atomic E-state index is 10.8. The van der Waals surface area contributed by atoms with Gasteiger partial charge in [-0.1, -0.05) is 26.2 Å². The standard InChI is InChI=1S/C13H20N4O2/c1-2-9-5-3-4-6-11(9)15-13-8-10(17(18)19)7-12(14)16-13/h7-9,11H,2-6H2,1H3,(H3,14,15,16). The molecule has 1 aliphatic rings. The average molecular weight is 264 g/mol. The number of nitrogens with one attached hydrogen (secondary N) is 1. The van der Waals surface area contributed by atoms with Crippen molar-refractivity contribution < 1.29 is 4.92 Å². The fourth-order valence-corrected chi connectivity index (χ4v) is 2.79. The van der Waals surface area contributed by atoms with Crippen molar-refractivity contribution in [3.05, 3.63) is 22.2 Å². The van der Waals surface area contributed by atoms with Crippen LogP contribution in [0, 0.1) is 16.0 Å². The molecule has 1 aromatic heterocycles. The summed E-state index contributed by atoms with van der Waals surface area (Å²) in [5.74, 6) is 1.30. The Kier molecular flexibility index (Phi) is 4.19. The van der Waals surface area contributed by atoms with Gasteiger partial charge < -0.3 is 11.1 Å². The molecule has 19 heavy (non-hydrogen) atoms. The Hall–Kier alpha value is -1.85. The van der Waals surface area contributed by atoms with Crippen molar-refractivity contribution in [1.82, 2.24) is 4.98 Å². The summed E-state index contributed by atoms with van der Waals surface area (Å²) in [6.45, 7) is 2.18. The Morgan fingerprint density at radius 2 is 2.21 bits per heavy atom. The molecule has 0 amide bonds. The van der Waals surface area contributed by atoms with Gasteiger partial charge in [0.05, 0.1) is 17.1 Å². The molecule has 1 aliphatic carbocycles. The van der Waals surface area contributed by atoms with Crippen molar-refractivity contribution in [2.45, 2.75) is 45.1 Å². The molecule has 3 N–H and O–H groups in total. The normalized spacial score (nSPS) is 23.0. The zero-order valence-corrected chi connectivity index (χ0v) is 11.1. The number of pyridine rings is 1. The van der Waals surface area contributed by atoms with Crippen LogP contribution in [0.15, 0.2) is 12.1 Å². The number of hydrogen-bond acceptors (Lipinski definition) is 5. The van der Waals surface area contributed by atoms with Crippen molar-refractivity contribution in [2.75, 3.05) is 11.1 Å². The number of nitrogens with zero attached hydrogens (tertiary/aromatic N) is 2. The number of nitrogen functional groups attached to an aromatic ring is 1.